The van der Waals surface area contributed by atoms with Crippen LogP contribution in [0.5, 0.6) is 5.75 Å². The number of carbonyl (C=O) groups excluding carboxylic acids is 2. The summed E-state index contributed by atoms with van der Waals surface area (Å²) in [4.78, 5) is 30.3. The van der Waals surface area contributed by atoms with Crippen molar-refractivity contribution in [2.24, 2.45) is 0 Å². The van der Waals surface area contributed by atoms with Crippen LogP contribution in [-0.4, -0.2) is 67.4 Å². The largest absolute Gasteiger partial charge is 0.494 e. The molecule has 0 spiro atoms. The van der Waals surface area contributed by atoms with Crippen molar-refractivity contribution in [2.45, 2.75) is 64.2 Å². The molecule has 2 amide bonds. The highest BCUT2D eigenvalue weighted by atomic mass is 16.7. The lowest BCUT2D eigenvalue weighted by Gasteiger charge is -2.32. The van der Waals surface area contributed by atoms with Crippen molar-refractivity contribution in [2.75, 3.05) is 20.3 Å². The lowest BCUT2D eigenvalue weighted by Crippen LogP contribution is -2.56. The second kappa shape index (κ2) is 11.9. The van der Waals surface area contributed by atoms with Crippen molar-refractivity contribution < 1.29 is 28.4 Å². The van der Waals surface area contributed by atoms with Gasteiger partial charge in [-0.15, -0.1) is 0 Å². The normalized spacial score (nSPS) is 17.8. The molecule has 2 N–H and O–H groups in total. The van der Waals surface area contributed by atoms with Crippen LogP contribution in [-0.2, 0) is 18.8 Å². The fourth-order valence-corrected chi connectivity index (χ4v) is 3.68. The van der Waals surface area contributed by atoms with E-state index in [2.05, 4.69) is 15.6 Å². The third kappa shape index (κ3) is 7.06. The summed E-state index contributed by atoms with van der Waals surface area (Å²) in [5, 5.41) is 5.71. The van der Waals surface area contributed by atoms with E-state index in [-0.39, 0.29) is 12.3 Å². The third-order valence-electron chi connectivity index (χ3n) is 6.44. The number of aromatic nitrogens is 1. The molecule has 9 nitrogen and oxygen atoms in total. The second-order valence-corrected chi connectivity index (χ2v) is 9.84. The number of hydrogen-bond acceptors (Lipinski definition) is 7. The van der Waals surface area contributed by atoms with Gasteiger partial charge in [-0.2, -0.15) is 0 Å². The molecule has 0 bridgehead atoms. The van der Waals surface area contributed by atoms with E-state index in [9.17, 15) is 9.59 Å². The van der Waals surface area contributed by atoms with E-state index < -0.39 is 42.1 Å². The van der Waals surface area contributed by atoms with Crippen LogP contribution in [0.4, 0.5) is 0 Å². The number of benzene rings is 1. The number of nitrogens with zero attached hydrogens (tertiary/aromatic N) is 1. The molecule has 1 aliphatic rings. The first kappa shape index (κ1) is 27.6. The van der Waals surface area contributed by atoms with Crippen LogP contribution in [0.2, 0.25) is 0 Å². The van der Waals surface area contributed by atoms with Gasteiger partial charge in [0.1, 0.15) is 17.5 Å². The molecule has 194 valence electrons. The summed E-state index contributed by atoms with van der Waals surface area (Å²) in [6, 6.07) is 13.6. The number of rotatable bonds is 11. The predicted octanol–water partition coefficient (Wildman–Crippen LogP) is 2.72. The zero-order valence-corrected chi connectivity index (χ0v) is 21.9. The zero-order chi connectivity index (χ0) is 26.3. The minimum absolute atomic E-state index is 0.0139. The molecule has 10 heteroatoms. The topological polar surface area (TPSA) is 108 Å². The minimum Gasteiger partial charge on any atom is -0.494 e. The van der Waals surface area contributed by atoms with E-state index in [0.29, 0.717) is 18.7 Å². The van der Waals surface area contributed by atoms with Crippen molar-refractivity contribution in [3.05, 3.63) is 59.9 Å². The Hall–Kier alpha value is -2.95. The maximum Gasteiger partial charge on any atom is 0.481 e. The fourth-order valence-electron chi connectivity index (χ4n) is 3.68. The highest BCUT2D eigenvalue weighted by Gasteiger charge is 2.54. The van der Waals surface area contributed by atoms with Gasteiger partial charge in [-0.1, -0.05) is 24.3 Å². The average molecular weight is 497 g/mol. The van der Waals surface area contributed by atoms with E-state index in [0.717, 1.165) is 5.75 Å². The van der Waals surface area contributed by atoms with Crippen LogP contribution in [0.3, 0.4) is 0 Å². The first-order valence-electron chi connectivity index (χ1n) is 12.1. The fraction of sp³-hybridized carbons (Fsp3) is 0.500. The molecule has 1 aromatic carbocycles. The van der Waals surface area contributed by atoms with Gasteiger partial charge in [0.25, 0.3) is 5.91 Å². The van der Waals surface area contributed by atoms with Gasteiger partial charge in [0.15, 0.2) is 0 Å². The quantitative estimate of drug-likeness (QED) is 0.460. The monoisotopic (exact) mass is 497 g/mol. The highest BCUT2D eigenvalue weighted by Crippen LogP contribution is 2.37. The molecule has 0 radical (unpaired) electrons. The van der Waals surface area contributed by atoms with Gasteiger partial charge < -0.3 is 29.4 Å². The molecule has 2 unspecified atom stereocenters. The van der Waals surface area contributed by atoms with Gasteiger partial charge in [0.2, 0.25) is 5.91 Å². The molecular formula is C26H36BN3O6. The Labute approximate surface area is 213 Å². The molecule has 0 saturated carbocycles. The van der Waals surface area contributed by atoms with Crippen LogP contribution >= 0.6 is 0 Å². The van der Waals surface area contributed by atoms with Gasteiger partial charge in [-0.05, 0) is 58.9 Å². The maximum absolute atomic E-state index is 13.3. The predicted molar refractivity (Wildman–Crippen MR) is 137 cm³/mol. The SMILES string of the molecule is COCC(NC(=O)c1cccc(C)n1)C(=O)NC(CCOc1ccccc1)B1OC(C)(C)C(C)(C)O1. The zero-order valence-electron chi connectivity index (χ0n) is 21.9. The maximum atomic E-state index is 13.3. The number of aryl methyl sites for hydroxylation is 1. The van der Waals surface area contributed by atoms with Gasteiger partial charge in [-0.25, -0.2) is 4.98 Å². The summed E-state index contributed by atoms with van der Waals surface area (Å²) in [7, 11) is 0.771. The summed E-state index contributed by atoms with van der Waals surface area (Å²) < 4.78 is 23.5. The minimum atomic E-state index is -0.940. The van der Waals surface area contributed by atoms with Crippen molar-refractivity contribution in [3.63, 3.8) is 0 Å². The molecule has 2 heterocycles. The molecule has 2 atom stereocenters. The Kier molecular flexibility index (Phi) is 9.11. The Morgan fingerprint density at radius 1 is 1.00 bits per heavy atom. The molecule has 1 aromatic heterocycles. The number of ether oxygens (including phenoxy) is 2. The number of para-hydroxylation sites is 1. The van der Waals surface area contributed by atoms with E-state index in [4.69, 9.17) is 18.8 Å². The number of nitrogens with one attached hydrogen (secondary N) is 2. The lowest BCUT2D eigenvalue weighted by molar-refractivity contribution is -0.124. The summed E-state index contributed by atoms with van der Waals surface area (Å²) in [5.74, 6) is -0.685. The van der Waals surface area contributed by atoms with E-state index in [1.54, 1.807) is 25.1 Å². The number of pyridine rings is 1. The third-order valence-corrected chi connectivity index (χ3v) is 6.44. The molecule has 2 aromatic rings. The van der Waals surface area contributed by atoms with Gasteiger partial charge >= 0.3 is 7.12 Å². The van der Waals surface area contributed by atoms with Gasteiger partial charge in [-0.3, -0.25) is 9.59 Å². The van der Waals surface area contributed by atoms with Crippen LogP contribution in [0.25, 0.3) is 0 Å². The lowest BCUT2D eigenvalue weighted by atomic mass is 9.76. The van der Waals surface area contributed by atoms with Crippen LogP contribution in [0, 0.1) is 6.92 Å². The Morgan fingerprint density at radius 3 is 2.28 bits per heavy atom. The van der Waals surface area contributed by atoms with E-state index in [1.807, 2.05) is 58.0 Å². The summed E-state index contributed by atoms with van der Waals surface area (Å²) >= 11 is 0. The molecule has 1 aliphatic heterocycles. The van der Waals surface area contributed by atoms with Gasteiger partial charge in [0.05, 0.1) is 30.4 Å². The highest BCUT2D eigenvalue weighted by molar-refractivity contribution is 6.48. The van der Waals surface area contributed by atoms with Crippen LogP contribution in [0.1, 0.15) is 50.3 Å². The molecule has 36 heavy (non-hydrogen) atoms. The average Bonchev–Trinajstić information content (AvgIpc) is 3.05. The van der Waals surface area contributed by atoms with Crippen LogP contribution in [0.15, 0.2) is 48.5 Å². The summed E-state index contributed by atoms with van der Waals surface area (Å²) in [5.41, 5.74) is -0.215. The summed E-state index contributed by atoms with van der Waals surface area (Å²) in [6.07, 6.45) is 0.421. The number of methoxy groups -OCH3 is 1. The van der Waals surface area contributed by atoms with Crippen molar-refractivity contribution in [1.29, 1.82) is 0 Å². The Morgan fingerprint density at radius 2 is 1.67 bits per heavy atom. The van der Waals surface area contributed by atoms with Gasteiger partial charge in [0, 0.05) is 19.2 Å². The molecule has 1 fully saturated rings. The Bertz CT molecular complexity index is 1020. The van der Waals surface area contributed by atoms with Crippen molar-refractivity contribution in [3.8, 4) is 5.75 Å². The number of carbonyl (C=O) groups is 2. The van der Waals surface area contributed by atoms with Crippen molar-refractivity contribution >= 4 is 18.9 Å². The van der Waals surface area contributed by atoms with Crippen molar-refractivity contribution in [1.82, 2.24) is 15.6 Å². The standard InChI is InChI=1S/C26H36BN3O6/c1-18-11-10-14-20(28-18)23(31)29-21(17-33-6)24(32)30-22(15-16-34-19-12-8-7-9-13-19)27-35-25(2,3)26(4,5)36-27/h7-14,21-22H,15-17H2,1-6H3,(H,29,31)(H,30,32). The molecule has 1 saturated heterocycles. The molecular weight excluding hydrogens is 461 g/mol. The molecule has 0 aliphatic carbocycles. The number of amides is 2. The second-order valence-electron chi connectivity index (χ2n) is 9.84. The number of hydrogen-bond donors (Lipinski definition) is 2. The smallest absolute Gasteiger partial charge is 0.481 e. The summed E-state index contributed by atoms with van der Waals surface area (Å²) in [6.45, 7) is 9.92. The first-order valence-corrected chi connectivity index (χ1v) is 12.1. The Balaban J connectivity index is 1.72. The van der Waals surface area contributed by atoms with Crippen LogP contribution < -0.4 is 15.4 Å². The van der Waals surface area contributed by atoms with E-state index >= 15 is 0 Å². The molecule has 3 rings (SSSR count). The first-order chi connectivity index (χ1) is 17.0. The van der Waals surface area contributed by atoms with E-state index in [1.165, 1.54) is 7.11 Å².